The lowest BCUT2D eigenvalue weighted by molar-refractivity contribution is -0.143. The van der Waals surface area contributed by atoms with Gasteiger partial charge in [0, 0.05) is 11.5 Å². The van der Waals surface area contributed by atoms with E-state index >= 15 is 0 Å². The summed E-state index contributed by atoms with van der Waals surface area (Å²) >= 11 is 0. The standard InChI is InChI=1S/C17H20O6/c1-5-14(18)22-10-13(17(2,3)4)23-16(21)12-9-7-6-8-11(12)15(19)20/h5-9,13H,1,10H2,2-4H3,(H,19,20). The number of esters is 2. The van der Waals surface area contributed by atoms with Gasteiger partial charge < -0.3 is 14.6 Å². The first-order valence-corrected chi connectivity index (χ1v) is 6.99. The van der Waals surface area contributed by atoms with Gasteiger partial charge in [-0.25, -0.2) is 14.4 Å². The van der Waals surface area contributed by atoms with Gasteiger partial charge in [0.2, 0.25) is 0 Å². The van der Waals surface area contributed by atoms with Gasteiger partial charge in [0.15, 0.2) is 0 Å². The highest BCUT2D eigenvalue weighted by molar-refractivity contribution is 6.02. The SMILES string of the molecule is C=CC(=O)OCC(OC(=O)c1ccccc1C(=O)O)C(C)(C)C. The summed E-state index contributed by atoms with van der Waals surface area (Å²) in [5, 5.41) is 9.13. The number of carboxylic acid groups (broad SMARTS) is 1. The lowest BCUT2D eigenvalue weighted by Gasteiger charge is -2.29. The summed E-state index contributed by atoms with van der Waals surface area (Å²) in [5.74, 6) is -2.62. The van der Waals surface area contributed by atoms with E-state index in [4.69, 9.17) is 14.6 Å². The number of benzene rings is 1. The number of carbonyl (C=O) groups is 3. The summed E-state index contributed by atoms with van der Waals surface area (Å²) < 4.78 is 10.3. The molecule has 1 aromatic carbocycles. The Bertz CT molecular complexity index is 612. The van der Waals surface area contributed by atoms with Crippen molar-refractivity contribution >= 4 is 17.9 Å². The van der Waals surface area contributed by atoms with Crippen molar-refractivity contribution in [1.82, 2.24) is 0 Å². The van der Waals surface area contributed by atoms with E-state index in [-0.39, 0.29) is 17.7 Å². The minimum Gasteiger partial charge on any atom is -0.478 e. The zero-order chi connectivity index (χ0) is 17.6. The molecule has 0 heterocycles. The van der Waals surface area contributed by atoms with Crippen molar-refractivity contribution in [3.05, 3.63) is 48.0 Å². The number of carboxylic acids is 1. The van der Waals surface area contributed by atoms with Crippen LogP contribution in [0.1, 0.15) is 41.5 Å². The Morgan fingerprint density at radius 2 is 1.78 bits per heavy atom. The third kappa shape index (κ3) is 5.25. The minimum absolute atomic E-state index is 0.0516. The Labute approximate surface area is 134 Å². The molecule has 0 radical (unpaired) electrons. The summed E-state index contributed by atoms with van der Waals surface area (Å²) in [6, 6.07) is 5.77. The highest BCUT2D eigenvalue weighted by Gasteiger charge is 2.31. The van der Waals surface area contributed by atoms with Gasteiger partial charge in [-0.2, -0.15) is 0 Å². The van der Waals surface area contributed by atoms with Gasteiger partial charge in [0.1, 0.15) is 12.7 Å². The largest absolute Gasteiger partial charge is 0.478 e. The maximum Gasteiger partial charge on any atom is 0.339 e. The van der Waals surface area contributed by atoms with Crippen LogP contribution in [0.25, 0.3) is 0 Å². The molecule has 0 amide bonds. The van der Waals surface area contributed by atoms with E-state index < -0.39 is 29.4 Å². The van der Waals surface area contributed by atoms with Crippen LogP contribution >= 0.6 is 0 Å². The van der Waals surface area contributed by atoms with Crippen molar-refractivity contribution in [3.8, 4) is 0 Å². The topological polar surface area (TPSA) is 89.9 Å². The molecule has 0 aliphatic carbocycles. The second-order valence-corrected chi connectivity index (χ2v) is 5.94. The van der Waals surface area contributed by atoms with Crippen LogP contribution in [0.4, 0.5) is 0 Å². The van der Waals surface area contributed by atoms with Gasteiger partial charge >= 0.3 is 17.9 Å². The average Bonchev–Trinajstić information content (AvgIpc) is 2.49. The fourth-order valence-electron chi connectivity index (χ4n) is 1.72. The number of hydrogen-bond acceptors (Lipinski definition) is 5. The smallest absolute Gasteiger partial charge is 0.339 e. The predicted molar refractivity (Wildman–Crippen MR) is 83.2 cm³/mol. The zero-order valence-corrected chi connectivity index (χ0v) is 13.4. The Hall–Kier alpha value is -2.63. The molecule has 1 unspecified atom stereocenters. The monoisotopic (exact) mass is 320 g/mol. The second kappa shape index (κ2) is 7.58. The van der Waals surface area contributed by atoms with Gasteiger partial charge in [-0.3, -0.25) is 0 Å². The number of aromatic carboxylic acids is 1. The van der Waals surface area contributed by atoms with Crippen molar-refractivity contribution in [2.75, 3.05) is 6.61 Å². The van der Waals surface area contributed by atoms with Crippen molar-refractivity contribution in [1.29, 1.82) is 0 Å². The highest BCUT2D eigenvalue weighted by atomic mass is 16.6. The first-order chi connectivity index (χ1) is 10.7. The van der Waals surface area contributed by atoms with Crippen molar-refractivity contribution < 1.29 is 29.0 Å². The van der Waals surface area contributed by atoms with E-state index in [1.807, 2.05) is 20.8 Å². The molecule has 1 N–H and O–H groups in total. The van der Waals surface area contributed by atoms with Crippen LogP contribution < -0.4 is 0 Å². The second-order valence-electron chi connectivity index (χ2n) is 5.94. The molecule has 0 aliphatic heterocycles. The fraction of sp³-hybridized carbons (Fsp3) is 0.353. The van der Waals surface area contributed by atoms with Crippen LogP contribution in [0.5, 0.6) is 0 Å². The predicted octanol–water partition coefficient (Wildman–Crippen LogP) is 2.69. The van der Waals surface area contributed by atoms with Crippen LogP contribution in [0.3, 0.4) is 0 Å². The van der Waals surface area contributed by atoms with Crippen molar-refractivity contribution in [2.24, 2.45) is 5.41 Å². The average molecular weight is 320 g/mol. The Morgan fingerprint density at radius 3 is 2.26 bits per heavy atom. The fourth-order valence-corrected chi connectivity index (χ4v) is 1.72. The van der Waals surface area contributed by atoms with Gasteiger partial charge in [0.25, 0.3) is 0 Å². The number of ether oxygens (including phenoxy) is 2. The lowest BCUT2D eigenvalue weighted by atomic mass is 9.89. The van der Waals surface area contributed by atoms with E-state index in [0.717, 1.165) is 6.08 Å². The minimum atomic E-state index is -1.22. The van der Waals surface area contributed by atoms with Crippen LogP contribution in [0.2, 0.25) is 0 Å². The van der Waals surface area contributed by atoms with E-state index in [0.29, 0.717) is 0 Å². The summed E-state index contributed by atoms with van der Waals surface area (Å²) in [6.07, 6.45) is 0.280. The molecule has 0 saturated heterocycles. The molecule has 23 heavy (non-hydrogen) atoms. The number of hydrogen-bond donors (Lipinski definition) is 1. The normalized spacial score (nSPS) is 12.1. The molecule has 0 spiro atoms. The van der Waals surface area contributed by atoms with Gasteiger partial charge in [-0.1, -0.05) is 39.5 Å². The number of carbonyl (C=O) groups excluding carboxylic acids is 2. The molecule has 1 rings (SSSR count). The van der Waals surface area contributed by atoms with Crippen LogP contribution in [0, 0.1) is 5.41 Å². The zero-order valence-electron chi connectivity index (χ0n) is 13.4. The van der Waals surface area contributed by atoms with Gasteiger partial charge in [-0.05, 0) is 12.1 Å². The first-order valence-electron chi connectivity index (χ1n) is 6.99. The third-order valence-electron chi connectivity index (χ3n) is 3.14. The summed E-state index contributed by atoms with van der Waals surface area (Å²) in [5.41, 5.74) is -0.701. The Balaban J connectivity index is 2.96. The molecule has 6 nitrogen and oxygen atoms in total. The first kappa shape index (κ1) is 18.4. The molecule has 1 atom stereocenters. The molecule has 0 bridgehead atoms. The number of rotatable bonds is 6. The highest BCUT2D eigenvalue weighted by Crippen LogP contribution is 2.24. The molecular weight excluding hydrogens is 300 g/mol. The van der Waals surface area contributed by atoms with Gasteiger partial charge in [-0.15, -0.1) is 0 Å². The quantitative estimate of drug-likeness (QED) is 0.640. The Morgan fingerprint density at radius 1 is 1.22 bits per heavy atom. The van der Waals surface area contributed by atoms with Crippen molar-refractivity contribution in [3.63, 3.8) is 0 Å². The molecule has 0 fully saturated rings. The van der Waals surface area contributed by atoms with E-state index in [1.165, 1.54) is 18.2 Å². The molecular formula is C17H20O6. The molecule has 124 valence electrons. The third-order valence-corrected chi connectivity index (χ3v) is 3.14. The van der Waals surface area contributed by atoms with Gasteiger partial charge in [0.05, 0.1) is 11.1 Å². The van der Waals surface area contributed by atoms with Crippen LogP contribution in [0.15, 0.2) is 36.9 Å². The molecule has 0 aromatic heterocycles. The molecule has 0 aliphatic rings. The van der Waals surface area contributed by atoms with E-state index in [1.54, 1.807) is 6.07 Å². The molecule has 1 aromatic rings. The Kier molecular flexibility index (Phi) is 6.07. The maximum atomic E-state index is 12.3. The molecule has 6 heteroatoms. The summed E-state index contributed by atoms with van der Waals surface area (Å²) in [7, 11) is 0. The summed E-state index contributed by atoms with van der Waals surface area (Å²) in [6.45, 7) is 8.59. The summed E-state index contributed by atoms with van der Waals surface area (Å²) in [4.78, 5) is 34.7. The maximum absolute atomic E-state index is 12.3. The lowest BCUT2D eigenvalue weighted by Crippen LogP contribution is -2.36. The van der Waals surface area contributed by atoms with Crippen LogP contribution in [-0.2, 0) is 14.3 Å². The van der Waals surface area contributed by atoms with E-state index in [9.17, 15) is 14.4 Å². The van der Waals surface area contributed by atoms with Crippen molar-refractivity contribution in [2.45, 2.75) is 26.9 Å². The van der Waals surface area contributed by atoms with Crippen LogP contribution in [-0.4, -0.2) is 35.7 Å². The molecule has 0 saturated carbocycles. The van der Waals surface area contributed by atoms with E-state index in [2.05, 4.69) is 6.58 Å².